The number of Topliss-reactive ketones (excluding diaryl/α,β-unsaturated/α-hetero) is 2. The number of rotatable bonds is 34. The van der Waals surface area contributed by atoms with Crippen LogP contribution in [-0.4, -0.2) is 93.5 Å². The highest BCUT2D eigenvalue weighted by molar-refractivity contribution is 7.24. The molecule has 0 spiro atoms. The summed E-state index contributed by atoms with van der Waals surface area (Å²) in [6.07, 6.45) is 18.2. The lowest BCUT2D eigenvalue weighted by Crippen LogP contribution is -2.34. The van der Waals surface area contributed by atoms with E-state index >= 15 is 0 Å². The van der Waals surface area contributed by atoms with E-state index in [1.807, 2.05) is 69.3 Å². The summed E-state index contributed by atoms with van der Waals surface area (Å²) in [5.74, 6) is 0.737. The van der Waals surface area contributed by atoms with Crippen molar-refractivity contribution in [2.24, 2.45) is 23.7 Å². The minimum atomic E-state index is -0.156. The summed E-state index contributed by atoms with van der Waals surface area (Å²) in [5.41, 5.74) is 4.64. The zero-order valence-electron chi connectivity index (χ0n) is 55.0. The molecule has 92 heavy (non-hydrogen) atoms. The fourth-order valence-electron chi connectivity index (χ4n) is 12.8. The Morgan fingerprint density at radius 2 is 0.587 bits per heavy atom. The summed E-state index contributed by atoms with van der Waals surface area (Å²) >= 11 is 8.74. The van der Waals surface area contributed by atoms with Crippen LogP contribution in [0.4, 0.5) is 0 Å². The molecule has 0 N–H and O–H groups in total. The molecule has 488 valence electrons. The van der Waals surface area contributed by atoms with E-state index in [4.69, 9.17) is 0 Å². The van der Waals surface area contributed by atoms with E-state index in [2.05, 4.69) is 61.5 Å². The van der Waals surface area contributed by atoms with Crippen LogP contribution in [0, 0.1) is 23.7 Å². The van der Waals surface area contributed by atoms with Crippen LogP contribution in [0.15, 0.2) is 95.1 Å². The summed E-state index contributed by atoms with van der Waals surface area (Å²) in [4.78, 5) is 123. The first-order chi connectivity index (χ1) is 44.5. The Balaban J connectivity index is 0.000000223. The minimum Gasteiger partial charge on any atom is -0.306 e. The van der Waals surface area contributed by atoms with Crippen molar-refractivity contribution >= 4 is 139 Å². The van der Waals surface area contributed by atoms with Gasteiger partial charge in [-0.25, -0.2) is 0 Å². The Labute approximate surface area is 567 Å². The third kappa shape index (κ3) is 15.0. The normalized spacial score (nSPS) is 16.2. The van der Waals surface area contributed by atoms with Crippen molar-refractivity contribution in [2.45, 2.75) is 172 Å². The van der Waals surface area contributed by atoms with Gasteiger partial charge in [0.15, 0.2) is 24.1 Å². The Hall–Kier alpha value is -6.28. The zero-order chi connectivity index (χ0) is 65.9. The fraction of sp³-hybridized carbons (Fsp3) is 0.459. The van der Waals surface area contributed by atoms with E-state index in [1.54, 1.807) is 46.6 Å². The standard InChI is InChI=1S/C41H46N2O4S4.C33H42N2O4S2/c1-6-10-12-26(8-3)22-42-38(34-20-18-31(50-34)30-15-14-28(24-44)48-30)36-37(41(42)47)39(43(40(36)46)23-27(9-4)13-11-7-2)35-21-19-33(51-35)32-17-16-29(49-32)25(5)45;1-6-10-12-22(8-3)18-34-30(26-15-14-24(20-36)40-26)28-29(33(34)39)31(27-17-16-25(41-27)21(5)37)35(32(28)38)19-23(9-4)13-11-7-2/h14-21,24,26-27H,6-13,22-23H2,1-5H3;14-17,20,22-23H,6-13,18-19H2,1-5H3. The fourth-order valence-corrected chi connectivity index (χ4v) is 18.7. The number of hydrogen-bond acceptors (Lipinski definition) is 14. The maximum atomic E-state index is 15.0. The van der Waals surface area contributed by atoms with Crippen LogP contribution >= 0.6 is 68.0 Å². The number of thiophene rings is 6. The average Bonchev–Trinajstić information content (AvgIpc) is 1.56. The molecule has 4 aliphatic rings. The Kier molecular flexibility index (Phi) is 24.5. The van der Waals surface area contributed by atoms with E-state index in [1.165, 1.54) is 52.3 Å². The van der Waals surface area contributed by atoms with E-state index in [9.17, 15) is 38.4 Å². The third-order valence-corrected chi connectivity index (χ3v) is 25.3. The highest BCUT2D eigenvalue weighted by Gasteiger charge is 2.52. The quantitative estimate of drug-likeness (QED) is 0.0286. The number of nitrogens with zero attached hydrogens (tertiary/aromatic N) is 4. The molecule has 0 radical (unpaired) electrons. The lowest BCUT2D eigenvalue weighted by molar-refractivity contribution is -0.124. The first kappa shape index (κ1) is 70.0. The molecule has 4 atom stereocenters. The summed E-state index contributed by atoms with van der Waals surface area (Å²) in [6.45, 7) is 22.7. The van der Waals surface area contributed by atoms with E-state index in [0.29, 0.717) is 103 Å². The Bertz CT molecular complexity index is 3830. The highest BCUT2D eigenvalue weighted by atomic mass is 32.1. The van der Waals surface area contributed by atoms with E-state index in [0.717, 1.165) is 166 Å². The second-order valence-electron chi connectivity index (χ2n) is 24.6. The van der Waals surface area contributed by atoms with Crippen molar-refractivity contribution in [1.29, 1.82) is 0 Å². The second-order valence-corrected chi connectivity index (χ2v) is 31.2. The molecular formula is C74H88N4O8S6. The maximum Gasteiger partial charge on any atom is 0.261 e. The Morgan fingerprint density at radius 3 is 0.880 bits per heavy atom. The molecule has 10 heterocycles. The summed E-state index contributed by atoms with van der Waals surface area (Å²) in [5, 5.41) is 0. The summed E-state index contributed by atoms with van der Waals surface area (Å²) < 4.78 is 0. The number of amides is 4. The molecule has 0 fully saturated rings. The molecular weight excluding hydrogens is 1270 g/mol. The van der Waals surface area contributed by atoms with Gasteiger partial charge in [0.1, 0.15) is 0 Å². The van der Waals surface area contributed by atoms with Gasteiger partial charge in [-0.3, -0.25) is 38.4 Å². The molecule has 0 saturated heterocycles. The smallest absolute Gasteiger partial charge is 0.261 e. The van der Waals surface area contributed by atoms with Crippen LogP contribution in [0.3, 0.4) is 0 Å². The van der Waals surface area contributed by atoms with Crippen molar-refractivity contribution in [3.8, 4) is 19.5 Å². The van der Waals surface area contributed by atoms with Gasteiger partial charge >= 0.3 is 0 Å². The number of carbonyl (C=O) groups excluding carboxylic acids is 8. The first-order valence-corrected chi connectivity index (χ1v) is 38.2. The van der Waals surface area contributed by atoms with Crippen LogP contribution in [0.2, 0.25) is 0 Å². The van der Waals surface area contributed by atoms with Gasteiger partial charge in [-0.15, -0.1) is 68.0 Å². The van der Waals surface area contributed by atoms with Crippen molar-refractivity contribution < 1.29 is 38.4 Å². The van der Waals surface area contributed by atoms with Gasteiger partial charge < -0.3 is 19.6 Å². The maximum absolute atomic E-state index is 15.0. The van der Waals surface area contributed by atoms with Crippen molar-refractivity contribution in [1.82, 2.24) is 19.6 Å². The average molecular weight is 1350 g/mol. The molecule has 6 aromatic heterocycles. The number of ketones is 2. The molecule has 0 bridgehead atoms. The molecule has 4 aliphatic heterocycles. The van der Waals surface area contributed by atoms with Gasteiger partial charge in [-0.1, -0.05) is 132 Å². The molecule has 4 amide bonds. The number of fused-ring (bicyclic) bond motifs is 2. The van der Waals surface area contributed by atoms with Gasteiger partial charge in [-0.2, -0.15) is 0 Å². The highest BCUT2D eigenvalue weighted by Crippen LogP contribution is 2.53. The molecule has 10 rings (SSSR count). The van der Waals surface area contributed by atoms with Crippen LogP contribution < -0.4 is 0 Å². The van der Waals surface area contributed by atoms with Crippen molar-refractivity contribution in [3.05, 3.63) is 134 Å². The van der Waals surface area contributed by atoms with Gasteiger partial charge in [0, 0.05) is 45.7 Å². The number of aldehydes is 2. The number of unbranched alkanes of at least 4 members (excludes halogenated alkanes) is 4. The van der Waals surface area contributed by atoms with E-state index < -0.39 is 0 Å². The monoisotopic (exact) mass is 1350 g/mol. The second kappa shape index (κ2) is 32.2. The molecule has 18 heteroatoms. The SMILES string of the molecule is CCCCC(CC)CN1C(=O)C2=C(c3ccc(-c4ccc(C(C)=O)s4)s3)N(CC(CC)CCCC)C(=O)C2=C1c1ccc(-c2ccc(C=O)s2)s1.CCCCC(CC)CN1C(=O)C2=C(c3ccc(C(C)=O)s3)N(CC(CC)CCCC)C(=O)C2=C1c1ccc(C=O)s1. The molecule has 0 aliphatic carbocycles. The third-order valence-electron chi connectivity index (χ3n) is 18.3. The topological polar surface area (TPSA) is 150 Å². The molecule has 12 nitrogen and oxygen atoms in total. The molecule has 4 unspecified atom stereocenters. The lowest BCUT2D eigenvalue weighted by Gasteiger charge is -2.29. The predicted octanol–water partition coefficient (Wildman–Crippen LogP) is 19.6. The Morgan fingerprint density at radius 1 is 0.348 bits per heavy atom. The van der Waals surface area contributed by atoms with Gasteiger partial charge in [0.2, 0.25) is 0 Å². The summed E-state index contributed by atoms with van der Waals surface area (Å²) in [6, 6.07) is 23.1. The van der Waals surface area contributed by atoms with Crippen molar-refractivity contribution in [3.63, 3.8) is 0 Å². The minimum absolute atomic E-state index is 0.0328. The molecule has 0 aromatic carbocycles. The lowest BCUT2D eigenvalue weighted by atomic mass is 9.98. The zero-order valence-corrected chi connectivity index (χ0v) is 59.9. The van der Waals surface area contributed by atoms with Crippen LogP contribution in [0.1, 0.15) is 230 Å². The summed E-state index contributed by atoms with van der Waals surface area (Å²) in [7, 11) is 0. The van der Waals surface area contributed by atoms with Crippen LogP contribution in [0.25, 0.3) is 42.3 Å². The van der Waals surface area contributed by atoms with Gasteiger partial charge in [0.25, 0.3) is 23.6 Å². The largest absolute Gasteiger partial charge is 0.306 e. The predicted molar refractivity (Wildman–Crippen MR) is 382 cm³/mol. The van der Waals surface area contributed by atoms with Crippen molar-refractivity contribution in [2.75, 3.05) is 26.2 Å². The van der Waals surface area contributed by atoms with Crippen LogP contribution in [0.5, 0.6) is 0 Å². The van der Waals surface area contributed by atoms with Gasteiger partial charge in [0.05, 0.1) is 84.1 Å². The van der Waals surface area contributed by atoms with E-state index in [-0.39, 0.29) is 35.2 Å². The van der Waals surface area contributed by atoms with Gasteiger partial charge in [-0.05, 0) is 136 Å². The molecule has 0 saturated carbocycles. The van der Waals surface area contributed by atoms with Crippen LogP contribution in [-0.2, 0) is 19.2 Å². The number of hydrogen-bond donors (Lipinski definition) is 0. The number of carbonyl (C=O) groups is 8. The molecule has 6 aromatic rings. The first-order valence-electron chi connectivity index (χ1n) is 33.3.